The highest BCUT2D eigenvalue weighted by Crippen LogP contribution is 2.27. The fraction of sp³-hybridized carbons (Fsp3) is 0.235. The highest BCUT2D eigenvalue weighted by molar-refractivity contribution is 9.10. The van der Waals surface area contributed by atoms with Crippen LogP contribution in [0.25, 0.3) is 0 Å². The van der Waals surface area contributed by atoms with Crippen molar-refractivity contribution in [2.45, 2.75) is 37.2 Å². The van der Waals surface area contributed by atoms with Gasteiger partial charge in [-0.2, -0.15) is 0 Å². The fourth-order valence-electron chi connectivity index (χ4n) is 4.77. The first-order valence-electron chi connectivity index (χ1n) is 14.3. The van der Waals surface area contributed by atoms with E-state index in [1.54, 1.807) is 61.7 Å². The summed E-state index contributed by atoms with van der Waals surface area (Å²) in [6.07, 6.45) is 0.966. The van der Waals surface area contributed by atoms with E-state index in [1.807, 2.05) is 49.4 Å². The molecule has 10 heteroatoms. The van der Waals surface area contributed by atoms with Crippen LogP contribution in [0.3, 0.4) is 0 Å². The fourth-order valence-corrected chi connectivity index (χ4v) is 6.58. The summed E-state index contributed by atoms with van der Waals surface area (Å²) in [5.41, 5.74) is 1.92. The van der Waals surface area contributed by atoms with Crippen molar-refractivity contribution >= 4 is 43.5 Å². The number of rotatable bonds is 14. The average Bonchev–Trinajstić information content (AvgIpc) is 3.04. The molecule has 4 aromatic rings. The van der Waals surface area contributed by atoms with Gasteiger partial charge in [-0.3, -0.25) is 13.9 Å². The monoisotopic (exact) mass is 677 g/mol. The van der Waals surface area contributed by atoms with Gasteiger partial charge in [-0.05, 0) is 60.0 Å². The second kappa shape index (κ2) is 15.5. The van der Waals surface area contributed by atoms with Crippen molar-refractivity contribution in [3.05, 3.63) is 125 Å². The van der Waals surface area contributed by atoms with E-state index in [9.17, 15) is 18.0 Å². The number of carbonyl (C=O) groups is 2. The summed E-state index contributed by atoms with van der Waals surface area (Å²) >= 11 is 3.43. The summed E-state index contributed by atoms with van der Waals surface area (Å²) in [5, 5.41) is 2.95. The van der Waals surface area contributed by atoms with Crippen molar-refractivity contribution in [2.24, 2.45) is 0 Å². The van der Waals surface area contributed by atoms with Gasteiger partial charge in [0.1, 0.15) is 18.3 Å². The zero-order valence-electron chi connectivity index (χ0n) is 24.7. The Morgan fingerprint density at radius 2 is 1.52 bits per heavy atom. The maximum atomic E-state index is 14.5. The second-order valence-corrected chi connectivity index (χ2v) is 13.0. The number of benzene rings is 4. The summed E-state index contributed by atoms with van der Waals surface area (Å²) in [5.74, 6) is -0.237. The molecule has 0 aliphatic carbocycles. The standard InChI is InChI=1S/C34H36BrN3O5S/c1-3-20-36-34(40)32(22-26-12-6-4-7-13-26)37(24-27-14-10-17-30(21-27)43-2)33(39)25-38(29-16-11-15-28(35)23-29)44(41,42)31-18-8-5-9-19-31/h4-19,21,23,32H,3,20,22,24-25H2,1-2H3,(H,36,40)/t32-/m1/s1. The Morgan fingerprint density at radius 3 is 2.18 bits per heavy atom. The minimum Gasteiger partial charge on any atom is -0.497 e. The summed E-state index contributed by atoms with van der Waals surface area (Å²) in [4.78, 5) is 29.7. The lowest BCUT2D eigenvalue weighted by atomic mass is 10.0. The van der Waals surface area contributed by atoms with Gasteiger partial charge in [-0.15, -0.1) is 0 Å². The maximum Gasteiger partial charge on any atom is 0.264 e. The van der Waals surface area contributed by atoms with Crippen molar-refractivity contribution in [1.29, 1.82) is 0 Å². The van der Waals surface area contributed by atoms with Gasteiger partial charge in [0.25, 0.3) is 10.0 Å². The molecule has 44 heavy (non-hydrogen) atoms. The highest BCUT2D eigenvalue weighted by atomic mass is 79.9. The van der Waals surface area contributed by atoms with Crippen LogP contribution in [0.15, 0.2) is 119 Å². The summed E-state index contributed by atoms with van der Waals surface area (Å²) in [6, 6.07) is 30.6. The lowest BCUT2D eigenvalue weighted by Gasteiger charge is -2.34. The van der Waals surface area contributed by atoms with E-state index < -0.39 is 28.5 Å². The molecule has 1 N–H and O–H groups in total. The Labute approximate surface area is 267 Å². The molecule has 0 saturated heterocycles. The maximum absolute atomic E-state index is 14.5. The van der Waals surface area contributed by atoms with Crippen molar-refractivity contribution < 1.29 is 22.7 Å². The molecule has 0 radical (unpaired) electrons. The molecule has 0 spiro atoms. The Bertz CT molecular complexity index is 1650. The minimum atomic E-state index is -4.16. The molecule has 230 valence electrons. The number of nitrogens with one attached hydrogen (secondary N) is 1. The molecular weight excluding hydrogens is 642 g/mol. The van der Waals surface area contributed by atoms with Gasteiger partial charge in [-0.25, -0.2) is 8.42 Å². The number of ether oxygens (including phenoxy) is 1. The molecule has 0 fully saturated rings. The van der Waals surface area contributed by atoms with Crippen molar-refractivity contribution in [2.75, 3.05) is 24.5 Å². The van der Waals surface area contributed by atoms with E-state index >= 15 is 0 Å². The highest BCUT2D eigenvalue weighted by Gasteiger charge is 2.34. The van der Waals surface area contributed by atoms with Gasteiger partial charge in [-0.1, -0.05) is 89.6 Å². The van der Waals surface area contributed by atoms with Crippen LogP contribution in [0.2, 0.25) is 0 Å². The molecule has 0 unspecified atom stereocenters. The molecule has 0 aliphatic rings. The van der Waals surface area contributed by atoms with Crippen molar-refractivity contribution in [1.82, 2.24) is 10.2 Å². The molecular formula is C34H36BrN3O5S. The molecule has 8 nitrogen and oxygen atoms in total. The number of nitrogens with zero attached hydrogens (tertiary/aromatic N) is 2. The van der Waals surface area contributed by atoms with E-state index in [2.05, 4.69) is 21.2 Å². The van der Waals surface area contributed by atoms with Gasteiger partial charge in [0, 0.05) is 24.0 Å². The first kappa shape index (κ1) is 32.8. The molecule has 4 rings (SSSR count). The number of hydrogen-bond acceptors (Lipinski definition) is 5. The normalized spacial score (nSPS) is 11.8. The van der Waals surface area contributed by atoms with Gasteiger partial charge in [0.05, 0.1) is 17.7 Å². The first-order chi connectivity index (χ1) is 21.2. The molecule has 1 atom stereocenters. The van der Waals surface area contributed by atoms with Crippen LogP contribution in [0, 0.1) is 0 Å². The second-order valence-electron chi connectivity index (χ2n) is 10.2. The predicted octanol–water partition coefficient (Wildman–Crippen LogP) is 5.82. The third-order valence-electron chi connectivity index (χ3n) is 7.01. The summed E-state index contributed by atoms with van der Waals surface area (Å²) < 4.78 is 35.2. The number of amides is 2. The number of hydrogen-bond donors (Lipinski definition) is 1. The smallest absolute Gasteiger partial charge is 0.264 e. The Morgan fingerprint density at radius 1 is 0.864 bits per heavy atom. The molecule has 0 saturated carbocycles. The molecule has 2 amide bonds. The van der Waals surface area contributed by atoms with Crippen LogP contribution in [-0.2, 0) is 32.6 Å². The zero-order chi connectivity index (χ0) is 31.5. The van der Waals surface area contributed by atoms with Gasteiger partial charge in [0.15, 0.2) is 0 Å². The van der Waals surface area contributed by atoms with Crippen LogP contribution < -0.4 is 14.4 Å². The lowest BCUT2D eigenvalue weighted by molar-refractivity contribution is -0.140. The SMILES string of the molecule is CCCNC(=O)[C@@H](Cc1ccccc1)N(Cc1cccc(OC)c1)C(=O)CN(c1cccc(Br)c1)S(=O)(=O)c1ccccc1. The third-order valence-corrected chi connectivity index (χ3v) is 9.29. The van der Waals surface area contributed by atoms with Crippen LogP contribution in [-0.4, -0.2) is 51.4 Å². The molecule has 0 bridgehead atoms. The minimum absolute atomic E-state index is 0.0497. The Kier molecular flexibility index (Phi) is 11.6. The number of anilines is 1. The third kappa shape index (κ3) is 8.48. The van der Waals surface area contributed by atoms with Gasteiger partial charge < -0.3 is 15.0 Å². The Hall–Kier alpha value is -4.15. The molecule has 0 aromatic heterocycles. The van der Waals surface area contributed by atoms with E-state index in [-0.39, 0.29) is 23.8 Å². The molecule has 0 heterocycles. The summed E-state index contributed by atoms with van der Waals surface area (Å²) in [6.45, 7) is 1.93. The van der Waals surface area contributed by atoms with Crippen LogP contribution in [0.5, 0.6) is 5.75 Å². The predicted molar refractivity (Wildman–Crippen MR) is 176 cm³/mol. The van der Waals surface area contributed by atoms with E-state index in [4.69, 9.17) is 4.74 Å². The van der Waals surface area contributed by atoms with Gasteiger partial charge in [0.2, 0.25) is 11.8 Å². The van der Waals surface area contributed by atoms with E-state index in [0.29, 0.717) is 22.5 Å². The molecule has 4 aromatic carbocycles. The average molecular weight is 679 g/mol. The summed E-state index contributed by atoms with van der Waals surface area (Å²) in [7, 11) is -2.60. The van der Waals surface area contributed by atoms with Crippen LogP contribution in [0.4, 0.5) is 5.69 Å². The molecule has 0 aliphatic heterocycles. The van der Waals surface area contributed by atoms with Crippen LogP contribution in [0.1, 0.15) is 24.5 Å². The Balaban J connectivity index is 1.80. The van der Waals surface area contributed by atoms with Crippen LogP contribution >= 0.6 is 15.9 Å². The van der Waals surface area contributed by atoms with Crippen molar-refractivity contribution in [3.8, 4) is 5.75 Å². The topological polar surface area (TPSA) is 96.0 Å². The zero-order valence-corrected chi connectivity index (χ0v) is 27.1. The van der Waals surface area contributed by atoms with E-state index in [1.165, 1.54) is 17.0 Å². The largest absolute Gasteiger partial charge is 0.497 e. The quantitative estimate of drug-likeness (QED) is 0.182. The number of halogens is 1. The number of carbonyl (C=O) groups excluding carboxylic acids is 2. The lowest BCUT2D eigenvalue weighted by Crippen LogP contribution is -2.53. The first-order valence-corrected chi connectivity index (χ1v) is 16.5. The van der Waals surface area contributed by atoms with Gasteiger partial charge >= 0.3 is 0 Å². The number of sulfonamides is 1. The number of methoxy groups -OCH3 is 1. The van der Waals surface area contributed by atoms with E-state index in [0.717, 1.165) is 21.9 Å². The van der Waals surface area contributed by atoms with Crippen molar-refractivity contribution in [3.63, 3.8) is 0 Å².